The Bertz CT molecular complexity index is 1130. The maximum Gasteiger partial charge on any atom is 0.264 e. The molecule has 2 N–H and O–H groups in total. The van der Waals surface area contributed by atoms with E-state index in [1.54, 1.807) is 18.2 Å². The van der Waals surface area contributed by atoms with E-state index in [4.69, 9.17) is 0 Å². The van der Waals surface area contributed by atoms with Crippen molar-refractivity contribution in [2.24, 2.45) is 0 Å². The molecule has 0 fully saturated rings. The number of sulfonamides is 1. The van der Waals surface area contributed by atoms with Crippen LogP contribution >= 0.6 is 11.7 Å². The van der Waals surface area contributed by atoms with Crippen LogP contribution in [0.15, 0.2) is 47.5 Å². The highest BCUT2D eigenvalue weighted by molar-refractivity contribution is 7.93. The molecule has 116 valence electrons. The quantitative estimate of drug-likeness (QED) is 0.595. The Morgan fingerprint density at radius 2 is 2.04 bits per heavy atom. The summed E-state index contributed by atoms with van der Waals surface area (Å²) in [5.74, 6) is -0.436. The molecule has 4 aromatic rings. The second-order valence-electron chi connectivity index (χ2n) is 4.89. The van der Waals surface area contributed by atoms with Crippen LogP contribution < -0.4 is 4.72 Å². The number of H-pyrrole nitrogens is 1. The van der Waals surface area contributed by atoms with Crippen LogP contribution in [-0.4, -0.2) is 22.1 Å². The molecule has 0 aliphatic carbocycles. The molecule has 0 unspecified atom stereocenters. The van der Waals surface area contributed by atoms with E-state index < -0.39 is 15.8 Å². The number of hydrogen-bond donors (Lipinski definition) is 2. The molecule has 0 atom stereocenters. The number of aromatic nitrogens is 3. The predicted octanol–water partition coefficient (Wildman–Crippen LogP) is 3.11. The predicted molar refractivity (Wildman–Crippen MR) is 86.5 cm³/mol. The Kier molecular flexibility index (Phi) is 3.06. The van der Waals surface area contributed by atoms with Crippen molar-refractivity contribution in [3.8, 4) is 0 Å². The van der Waals surface area contributed by atoms with Gasteiger partial charge in [-0.1, -0.05) is 6.07 Å². The standard InChI is InChI=1S/C14H9FN4O2S2/c15-8-4-5-9-12(6-8)16-7-13(9)23(20,21)19-11-3-1-2-10-14(11)18-22-17-10/h1-7,16,19H. The highest BCUT2D eigenvalue weighted by atomic mass is 32.2. The lowest BCUT2D eigenvalue weighted by Crippen LogP contribution is -2.12. The van der Waals surface area contributed by atoms with Gasteiger partial charge < -0.3 is 4.98 Å². The monoisotopic (exact) mass is 348 g/mol. The van der Waals surface area contributed by atoms with Gasteiger partial charge in [-0.05, 0) is 30.3 Å². The van der Waals surface area contributed by atoms with Crippen LogP contribution in [0.3, 0.4) is 0 Å². The topological polar surface area (TPSA) is 87.7 Å². The van der Waals surface area contributed by atoms with Crippen molar-refractivity contribution in [1.29, 1.82) is 0 Å². The van der Waals surface area contributed by atoms with Crippen LogP contribution in [0.4, 0.5) is 10.1 Å². The van der Waals surface area contributed by atoms with Crippen molar-refractivity contribution in [1.82, 2.24) is 13.7 Å². The van der Waals surface area contributed by atoms with E-state index in [2.05, 4.69) is 18.5 Å². The van der Waals surface area contributed by atoms with E-state index in [-0.39, 0.29) is 4.90 Å². The summed E-state index contributed by atoms with van der Waals surface area (Å²) in [5.41, 5.74) is 1.88. The van der Waals surface area contributed by atoms with Gasteiger partial charge in [0, 0.05) is 17.1 Å². The van der Waals surface area contributed by atoms with Crippen molar-refractivity contribution >= 4 is 49.4 Å². The van der Waals surface area contributed by atoms with E-state index in [1.807, 2.05) is 0 Å². The minimum Gasteiger partial charge on any atom is -0.360 e. The number of fused-ring (bicyclic) bond motifs is 2. The van der Waals surface area contributed by atoms with Gasteiger partial charge >= 0.3 is 0 Å². The molecular weight excluding hydrogens is 339 g/mol. The number of halogens is 1. The van der Waals surface area contributed by atoms with Crippen LogP contribution in [0.2, 0.25) is 0 Å². The summed E-state index contributed by atoms with van der Waals surface area (Å²) in [6.07, 6.45) is 1.34. The molecular formula is C14H9FN4O2S2. The molecule has 0 radical (unpaired) electrons. The normalized spacial score (nSPS) is 12.0. The fourth-order valence-electron chi connectivity index (χ4n) is 2.38. The zero-order chi connectivity index (χ0) is 16.0. The van der Waals surface area contributed by atoms with Gasteiger partial charge in [0.15, 0.2) is 0 Å². The fraction of sp³-hybridized carbons (Fsp3) is 0. The Hall–Kier alpha value is -2.52. The van der Waals surface area contributed by atoms with E-state index in [9.17, 15) is 12.8 Å². The molecule has 2 heterocycles. The van der Waals surface area contributed by atoms with Gasteiger partial charge in [-0.15, -0.1) is 0 Å². The molecule has 23 heavy (non-hydrogen) atoms. The summed E-state index contributed by atoms with van der Waals surface area (Å²) in [4.78, 5) is 2.82. The number of nitrogens with one attached hydrogen (secondary N) is 2. The van der Waals surface area contributed by atoms with Crippen molar-refractivity contribution in [3.05, 3.63) is 48.4 Å². The van der Waals surface area contributed by atoms with Crippen LogP contribution in [-0.2, 0) is 10.0 Å². The van der Waals surface area contributed by atoms with Gasteiger partial charge in [0.25, 0.3) is 10.0 Å². The van der Waals surface area contributed by atoms with Gasteiger partial charge in [0.05, 0.1) is 17.4 Å². The smallest absolute Gasteiger partial charge is 0.264 e. The molecule has 0 saturated heterocycles. The summed E-state index contributed by atoms with van der Waals surface area (Å²) in [6.45, 7) is 0. The zero-order valence-corrected chi connectivity index (χ0v) is 13.1. The molecule has 9 heteroatoms. The number of benzene rings is 2. The first kappa shape index (κ1) is 14.1. The van der Waals surface area contributed by atoms with Gasteiger partial charge in [-0.3, -0.25) is 4.72 Å². The van der Waals surface area contributed by atoms with Crippen LogP contribution in [0.25, 0.3) is 21.9 Å². The van der Waals surface area contributed by atoms with E-state index in [1.165, 1.54) is 24.4 Å². The minimum absolute atomic E-state index is 0.0488. The first-order chi connectivity index (χ1) is 11.0. The third-order valence-electron chi connectivity index (χ3n) is 3.43. The van der Waals surface area contributed by atoms with Crippen LogP contribution in [0.5, 0.6) is 0 Å². The molecule has 4 rings (SSSR count). The van der Waals surface area contributed by atoms with Gasteiger partial charge in [0.1, 0.15) is 21.7 Å². The number of nitrogens with zero attached hydrogens (tertiary/aromatic N) is 2. The Labute approximate surface area is 134 Å². The van der Waals surface area contributed by atoms with E-state index in [0.29, 0.717) is 27.6 Å². The maximum atomic E-state index is 13.2. The zero-order valence-electron chi connectivity index (χ0n) is 11.4. The Morgan fingerprint density at radius 3 is 2.91 bits per heavy atom. The average molecular weight is 348 g/mol. The lowest BCUT2D eigenvalue weighted by atomic mass is 10.2. The second kappa shape index (κ2) is 5.00. The van der Waals surface area contributed by atoms with E-state index in [0.717, 1.165) is 11.7 Å². The van der Waals surface area contributed by atoms with Crippen molar-refractivity contribution in [2.75, 3.05) is 4.72 Å². The summed E-state index contributed by atoms with van der Waals surface area (Å²) in [5, 5.41) is 0.419. The van der Waals surface area contributed by atoms with Crippen molar-refractivity contribution < 1.29 is 12.8 Å². The highest BCUT2D eigenvalue weighted by Gasteiger charge is 2.20. The molecule has 0 amide bonds. The first-order valence-corrected chi connectivity index (χ1v) is 8.77. The lowest BCUT2D eigenvalue weighted by molar-refractivity contribution is 0.602. The maximum absolute atomic E-state index is 13.2. The number of anilines is 1. The number of rotatable bonds is 3. The number of hydrogen-bond acceptors (Lipinski definition) is 5. The first-order valence-electron chi connectivity index (χ1n) is 6.55. The summed E-state index contributed by atoms with van der Waals surface area (Å²) >= 11 is 1.01. The summed E-state index contributed by atoms with van der Waals surface area (Å²) in [6, 6.07) is 8.98. The molecule has 0 bridgehead atoms. The summed E-state index contributed by atoms with van der Waals surface area (Å²) < 4.78 is 49.2. The molecule has 0 aliphatic heterocycles. The molecule has 0 aliphatic rings. The third kappa shape index (κ3) is 2.34. The van der Waals surface area contributed by atoms with Gasteiger partial charge in [-0.25, -0.2) is 12.8 Å². The van der Waals surface area contributed by atoms with Crippen molar-refractivity contribution in [3.63, 3.8) is 0 Å². The SMILES string of the molecule is O=S(=O)(Nc1cccc2nsnc12)c1c[nH]c2cc(F)ccc12. The van der Waals surface area contributed by atoms with Gasteiger partial charge in [-0.2, -0.15) is 8.75 Å². The van der Waals surface area contributed by atoms with E-state index >= 15 is 0 Å². The number of aromatic amines is 1. The summed E-state index contributed by atoms with van der Waals surface area (Å²) in [7, 11) is -3.85. The third-order valence-corrected chi connectivity index (χ3v) is 5.37. The molecule has 2 aromatic carbocycles. The second-order valence-corrected chi connectivity index (χ2v) is 7.07. The average Bonchev–Trinajstić information content (AvgIpc) is 3.13. The van der Waals surface area contributed by atoms with Crippen LogP contribution in [0, 0.1) is 5.82 Å². The lowest BCUT2D eigenvalue weighted by Gasteiger charge is -2.07. The molecule has 0 saturated carbocycles. The Morgan fingerprint density at radius 1 is 1.17 bits per heavy atom. The van der Waals surface area contributed by atoms with Crippen LogP contribution in [0.1, 0.15) is 0 Å². The molecule has 6 nitrogen and oxygen atoms in total. The fourth-order valence-corrected chi connectivity index (χ4v) is 4.18. The Balaban J connectivity index is 1.82. The molecule has 0 spiro atoms. The largest absolute Gasteiger partial charge is 0.360 e. The van der Waals surface area contributed by atoms with Crippen molar-refractivity contribution in [2.45, 2.75) is 4.90 Å². The molecule has 2 aromatic heterocycles. The highest BCUT2D eigenvalue weighted by Crippen LogP contribution is 2.28. The van der Waals surface area contributed by atoms with Gasteiger partial charge in [0.2, 0.25) is 0 Å². The minimum atomic E-state index is -3.85.